The Kier molecular flexibility index (Phi) is 12.1. The van der Waals surface area contributed by atoms with Crippen molar-refractivity contribution in [3.05, 3.63) is 81.8 Å². The minimum atomic E-state index is -4.04. The molecule has 3 aromatic rings. The summed E-state index contributed by atoms with van der Waals surface area (Å²) in [6, 6.07) is 15.1. The van der Waals surface area contributed by atoms with Gasteiger partial charge in [-0.15, -0.1) is 11.3 Å². The Balaban J connectivity index is 1.57. The molecule has 2 N–H and O–H groups in total. The number of rotatable bonds is 15. The highest BCUT2D eigenvalue weighted by Gasteiger charge is 2.40. The third-order valence-electron chi connectivity index (χ3n) is 8.05. The number of aryl methyl sites for hydroxylation is 1. The zero-order valence-electron chi connectivity index (χ0n) is 27.5. The standard InChI is InChI=1S/C34H44N6O5S2/c1-23(2)19-39(47(44,45)29-13-11-27(18-35)12-14-29)21-31(41)30(17-26-9-7-6-8-10-26)37-33(42)32(24(3)4)40-16-15-38(34(40)43)20-28-22-46-25(5)36-28/h6-14,22-24,30-32,41H,15-17,19-21H2,1-5H3,(H,37,42)/t30-,31+,32-/m0/s1. The third kappa shape index (κ3) is 9.16. The van der Waals surface area contributed by atoms with Crippen molar-refractivity contribution in [3.8, 4) is 6.07 Å². The van der Waals surface area contributed by atoms with Crippen LogP contribution in [0.3, 0.4) is 0 Å². The fourth-order valence-electron chi connectivity index (χ4n) is 5.77. The SMILES string of the molecule is Cc1nc(CN2CCN([C@H](C(=O)N[C@@H](Cc3ccccc3)[C@H](O)CN(CC(C)C)S(=O)(=O)c3ccc(C#N)cc3)C(C)C)C2=O)cs1. The van der Waals surface area contributed by atoms with Gasteiger partial charge in [-0.2, -0.15) is 9.57 Å². The number of sulfonamides is 1. The fraction of sp³-hybridized carbons (Fsp3) is 0.471. The number of aliphatic hydroxyl groups excluding tert-OH is 1. The number of urea groups is 1. The van der Waals surface area contributed by atoms with Gasteiger partial charge in [-0.05, 0) is 55.0 Å². The van der Waals surface area contributed by atoms with E-state index in [0.717, 1.165) is 16.3 Å². The summed E-state index contributed by atoms with van der Waals surface area (Å²) in [5.74, 6) is -0.700. The van der Waals surface area contributed by atoms with Gasteiger partial charge in [0, 0.05) is 31.6 Å². The molecule has 1 aliphatic heterocycles. The van der Waals surface area contributed by atoms with Crippen molar-refractivity contribution in [3.63, 3.8) is 0 Å². The van der Waals surface area contributed by atoms with Crippen LogP contribution >= 0.6 is 11.3 Å². The summed E-state index contributed by atoms with van der Waals surface area (Å²) < 4.78 is 28.8. The number of thiazole rings is 1. The molecular weight excluding hydrogens is 637 g/mol. The molecule has 13 heteroatoms. The van der Waals surface area contributed by atoms with Crippen LogP contribution in [0.2, 0.25) is 0 Å². The number of carbonyl (C=O) groups excluding carboxylic acids is 2. The average Bonchev–Trinajstić information content (AvgIpc) is 3.61. The Hall–Kier alpha value is -3.83. The van der Waals surface area contributed by atoms with E-state index >= 15 is 0 Å². The Morgan fingerprint density at radius 1 is 1.09 bits per heavy atom. The van der Waals surface area contributed by atoms with Gasteiger partial charge < -0.3 is 20.2 Å². The molecule has 4 rings (SSSR count). The molecule has 0 bridgehead atoms. The number of hydrogen-bond acceptors (Lipinski definition) is 8. The molecule has 0 unspecified atom stereocenters. The monoisotopic (exact) mass is 680 g/mol. The maximum Gasteiger partial charge on any atom is 0.321 e. The van der Waals surface area contributed by atoms with Gasteiger partial charge in [-0.1, -0.05) is 58.0 Å². The van der Waals surface area contributed by atoms with Crippen molar-refractivity contribution in [1.29, 1.82) is 5.26 Å². The molecule has 2 aromatic carbocycles. The van der Waals surface area contributed by atoms with E-state index in [2.05, 4.69) is 10.3 Å². The van der Waals surface area contributed by atoms with Crippen molar-refractivity contribution >= 4 is 33.3 Å². The molecule has 0 saturated carbocycles. The van der Waals surface area contributed by atoms with E-state index in [1.165, 1.54) is 39.9 Å². The molecule has 0 aliphatic carbocycles. The third-order valence-corrected chi connectivity index (χ3v) is 10.7. The minimum Gasteiger partial charge on any atom is -0.390 e. The lowest BCUT2D eigenvalue weighted by molar-refractivity contribution is -0.128. The first kappa shape index (κ1) is 36.0. The van der Waals surface area contributed by atoms with E-state index in [4.69, 9.17) is 5.26 Å². The summed E-state index contributed by atoms with van der Waals surface area (Å²) in [7, 11) is -4.04. The largest absolute Gasteiger partial charge is 0.390 e. The average molecular weight is 681 g/mol. The molecule has 1 saturated heterocycles. The van der Waals surface area contributed by atoms with Crippen LogP contribution in [0.15, 0.2) is 64.9 Å². The van der Waals surface area contributed by atoms with Gasteiger partial charge in [0.15, 0.2) is 0 Å². The van der Waals surface area contributed by atoms with Crippen LogP contribution in [-0.2, 0) is 27.8 Å². The van der Waals surface area contributed by atoms with E-state index in [0.29, 0.717) is 25.2 Å². The maximum absolute atomic E-state index is 14.0. The second-order valence-electron chi connectivity index (χ2n) is 12.7. The summed E-state index contributed by atoms with van der Waals surface area (Å²) in [6.45, 7) is 10.5. The molecule has 3 amide bonds. The van der Waals surface area contributed by atoms with Gasteiger partial charge in [0.25, 0.3) is 0 Å². The number of nitrogens with one attached hydrogen (secondary N) is 1. The molecule has 1 fully saturated rings. The van der Waals surface area contributed by atoms with Crippen molar-refractivity contribution in [2.45, 2.75) is 70.7 Å². The zero-order valence-corrected chi connectivity index (χ0v) is 29.2. The van der Waals surface area contributed by atoms with Gasteiger partial charge in [0.1, 0.15) is 6.04 Å². The fourth-order valence-corrected chi connectivity index (χ4v) is 8.00. The Bertz CT molecular complexity index is 1650. The number of nitriles is 1. The molecule has 1 aliphatic rings. The quantitative estimate of drug-likeness (QED) is 0.247. The number of hydrogen-bond donors (Lipinski definition) is 2. The van der Waals surface area contributed by atoms with Crippen LogP contribution in [0.4, 0.5) is 4.79 Å². The summed E-state index contributed by atoms with van der Waals surface area (Å²) in [4.78, 5) is 35.3. The molecule has 0 radical (unpaired) electrons. The molecule has 11 nitrogen and oxygen atoms in total. The number of nitrogens with zero attached hydrogens (tertiary/aromatic N) is 5. The predicted molar refractivity (Wildman–Crippen MR) is 181 cm³/mol. The molecule has 3 atom stereocenters. The lowest BCUT2D eigenvalue weighted by atomic mass is 9.97. The van der Waals surface area contributed by atoms with Crippen LogP contribution in [0, 0.1) is 30.1 Å². The van der Waals surface area contributed by atoms with Crippen molar-refractivity contribution in [2.24, 2.45) is 11.8 Å². The second-order valence-corrected chi connectivity index (χ2v) is 15.7. The first-order valence-electron chi connectivity index (χ1n) is 15.8. The van der Waals surface area contributed by atoms with Crippen molar-refractivity contribution < 1.29 is 23.1 Å². The second kappa shape index (κ2) is 15.8. The highest BCUT2D eigenvalue weighted by atomic mass is 32.2. The highest BCUT2D eigenvalue weighted by Crippen LogP contribution is 2.23. The maximum atomic E-state index is 14.0. The van der Waals surface area contributed by atoms with Crippen LogP contribution < -0.4 is 5.32 Å². The van der Waals surface area contributed by atoms with Crippen LogP contribution in [0.25, 0.3) is 0 Å². The number of amides is 3. The van der Waals surface area contributed by atoms with Gasteiger partial charge in [0.05, 0.1) is 45.9 Å². The molecule has 252 valence electrons. The topological polar surface area (TPSA) is 147 Å². The molecule has 47 heavy (non-hydrogen) atoms. The number of carbonyl (C=O) groups is 2. The number of benzene rings is 2. The summed E-state index contributed by atoms with van der Waals surface area (Å²) >= 11 is 1.52. The zero-order chi connectivity index (χ0) is 34.3. The number of aromatic nitrogens is 1. The van der Waals surface area contributed by atoms with Crippen LogP contribution in [0.1, 0.15) is 49.5 Å². The molecule has 0 spiro atoms. The molecule has 1 aromatic heterocycles. The van der Waals surface area contributed by atoms with E-state index in [1.807, 2.05) is 76.4 Å². The molecular formula is C34H44N6O5S2. The lowest BCUT2D eigenvalue weighted by Gasteiger charge is -2.34. The smallest absolute Gasteiger partial charge is 0.321 e. The number of aliphatic hydroxyl groups is 1. The van der Waals surface area contributed by atoms with Crippen molar-refractivity contribution in [1.82, 2.24) is 24.4 Å². The summed E-state index contributed by atoms with van der Waals surface area (Å²) in [5, 5.41) is 26.7. The Labute approximate surface area is 281 Å². The van der Waals surface area contributed by atoms with Gasteiger partial charge in [-0.25, -0.2) is 18.2 Å². The summed E-state index contributed by atoms with van der Waals surface area (Å²) in [5.41, 5.74) is 1.99. The highest BCUT2D eigenvalue weighted by molar-refractivity contribution is 7.89. The normalized spacial score (nSPS) is 15.7. The van der Waals surface area contributed by atoms with E-state index in [1.54, 1.807) is 9.80 Å². The lowest BCUT2D eigenvalue weighted by Crippen LogP contribution is -2.57. The van der Waals surface area contributed by atoms with E-state index < -0.39 is 34.1 Å². The van der Waals surface area contributed by atoms with Crippen LogP contribution in [-0.4, -0.2) is 88.9 Å². The first-order valence-corrected chi connectivity index (χ1v) is 18.1. The van der Waals surface area contributed by atoms with Gasteiger partial charge in [-0.3, -0.25) is 4.79 Å². The first-order chi connectivity index (χ1) is 22.3. The van der Waals surface area contributed by atoms with E-state index in [-0.39, 0.29) is 42.3 Å². The predicted octanol–water partition coefficient (Wildman–Crippen LogP) is 4.02. The van der Waals surface area contributed by atoms with Crippen molar-refractivity contribution in [2.75, 3.05) is 26.2 Å². The Morgan fingerprint density at radius 2 is 1.77 bits per heavy atom. The Morgan fingerprint density at radius 3 is 2.34 bits per heavy atom. The summed E-state index contributed by atoms with van der Waals surface area (Å²) in [6.07, 6.45) is -1.04. The van der Waals surface area contributed by atoms with E-state index in [9.17, 15) is 23.1 Å². The van der Waals surface area contributed by atoms with Gasteiger partial charge >= 0.3 is 6.03 Å². The minimum absolute atomic E-state index is 0.0118. The van der Waals surface area contributed by atoms with Gasteiger partial charge in [0.2, 0.25) is 15.9 Å². The van der Waals surface area contributed by atoms with Crippen LogP contribution in [0.5, 0.6) is 0 Å². The molecule has 2 heterocycles.